The molecule has 0 bridgehead atoms. The van der Waals surface area contributed by atoms with Gasteiger partial charge in [0.2, 0.25) is 0 Å². The molecule has 0 aromatic rings. The number of hydrogen-bond donors (Lipinski definition) is 2. The molecule has 4 unspecified atom stereocenters. The van der Waals surface area contributed by atoms with Crippen molar-refractivity contribution in [3.05, 3.63) is 0 Å². The van der Waals surface area contributed by atoms with E-state index in [0.29, 0.717) is 25.1 Å². The summed E-state index contributed by atoms with van der Waals surface area (Å²) in [4.78, 5) is 11.2. The van der Waals surface area contributed by atoms with Crippen LogP contribution in [0.5, 0.6) is 0 Å². The maximum Gasteiger partial charge on any atom is 0.308 e. The third-order valence-electron chi connectivity index (χ3n) is 3.79. The molecule has 1 aliphatic rings. The molecule has 0 aliphatic heterocycles. The van der Waals surface area contributed by atoms with Crippen LogP contribution in [-0.4, -0.2) is 36.4 Å². The Hall–Kier alpha value is -0.610. The lowest BCUT2D eigenvalue weighted by atomic mass is 9.98. The molecule has 0 aromatic carbocycles. The molecule has 0 amide bonds. The fourth-order valence-electron chi connectivity index (χ4n) is 2.42. The van der Waals surface area contributed by atoms with Gasteiger partial charge in [-0.25, -0.2) is 0 Å². The number of nitrogens with one attached hydrogen (secondary N) is 1. The summed E-state index contributed by atoms with van der Waals surface area (Å²) in [7, 11) is 0. The number of ether oxygens (including phenoxy) is 1. The average molecular weight is 243 g/mol. The molecular formula is C13H25NO3. The molecule has 1 aliphatic carbocycles. The molecule has 4 heteroatoms. The van der Waals surface area contributed by atoms with Gasteiger partial charge in [0.1, 0.15) is 0 Å². The molecule has 0 heterocycles. The Morgan fingerprint density at radius 1 is 1.47 bits per heavy atom. The summed E-state index contributed by atoms with van der Waals surface area (Å²) >= 11 is 0. The van der Waals surface area contributed by atoms with Crippen LogP contribution in [0.4, 0.5) is 0 Å². The first-order valence-corrected chi connectivity index (χ1v) is 6.61. The van der Waals surface area contributed by atoms with E-state index in [2.05, 4.69) is 19.2 Å². The number of aliphatic hydroxyl groups excluding tert-OH is 1. The summed E-state index contributed by atoms with van der Waals surface area (Å²) in [6, 6.07) is 0.474. The molecule has 0 radical (unpaired) electrons. The van der Waals surface area contributed by atoms with Crippen LogP contribution in [-0.2, 0) is 9.53 Å². The van der Waals surface area contributed by atoms with Crippen molar-refractivity contribution in [1.29, 1.82) is 0 Å². The molecule has 4 nitrogen and oxygen atoms in total. The largest absolute Gasteiger partial charge is 0.466 e. The van der Waals surface area contributed by atoms with Crippen LogP contribution in [0.15, 0.2) is 0 Å². The molecule has 17 heavy (non-hydrogen) atoms. The van der Waals surface area contributed by atoms with Gasteiger partial charge in [-0.1, -0.05) is 13.8 Å². The van der Waals surface area contributed by atoms with Gasteiger partial charge in [0.25, 0.3) is 0 Å². The lowest BCUT2D eigenvalue weighted by molar-refractivity contribution is -0.145. The molecule has 100 valence electrons. The Kier molecular flexibility index (Phi) is 5.92. The molecule has 1 rings (SSSR count). The van der Waals surface area contributed by atoms with Crippen molar-refractivity contribution in [3.8, 4) is 0 Å². The zero-order valence-corrected chi connectivity index (χ0v) is 11.1. The second kappa shape index (κ2) is 6.97. The van der Waals surface area contributed by atoms with Crippen molar-refractivity contribution in [2.75, 3.05) is 13.2 Å². The lowest BCUT2D eigenvalue weighted by Gasteiger charge is -2.21. The van der Waals surface area contributed by atoms with Crippen LogP contribution < -0.4 is 5.32 Å². The Balaban J connectivity index is 2.19. The van der Waals surface area contributed by atoms with Gasteiger partial charge in [-0.15, -0.1) is 0 Å². The van der Waals surface area contributed by atoms with E-state index in [9.17, 15) is 9.90 Å². The molecule has 2 N–H and O–H groups in total. The van der Waals surface area contributed by atoms with Crippen molar-refractivity contribution in [2.24, 2.45) is 11.8 Å². The maximum atomic E-state index is 11.2. The van der Waals surface area contributed by atoms with Gasteiger partial charge < -0.3 is 15.2 Å². The minimum Gasteiger partial charge on any atom is -0.466 e. The Morgan fingerprint density at radius 2 is 2.18 bits per heavy atom. The topological polar surface area (TPSA) is 58.6 Å². The second-order valence-corrected chi connectivity index (χ2v) is 5.09. The van der Waals surface area contributed by atoms with E-state index in [0.717, 1.165) is 12.3 Å². The van der Waals surface area contributed by atoms with E-state index in [4.69, 9.17) is 4.74 Å². The summed E-state index contributed by atoms with van der Waals surface area (Å²) in [5.74, 6) is 1.06. The number of carbonyl (C=O) groups excluding carboxylic acids is 1. The molecule has 0 aromatic heterocycles. The van der Waals surface area contributed by atoms with E-state index in [1.807, 2.05) is 0 Å². The average Bonchev–Trinajstić information content (AvgIpc) is 2.57. The highest BCUT2D eigenvalue weighted by Crippen LogP contribution is 2.30. The third-order valence-corrected chi connectivity index (χ3v) is 3.79. The van der Waals surface area contributed by atoms with Gasteiger partial charge in [-0.2, -0.15) is 0 Å². The van der Waals surface area contributed by atoms with Gasteiger partial charge in [-0.05, 0) is 31.6 Å². The van der Waals surface area contributed by atoms with E-state index < -0.39 is 6.10 Å². The fourth-order valence-corrected chi connectivity index (χ4v) is 2.42. The quantitative estimate of drug-likeness (QED) is 0.691. The van der Waals surface area contributed by atoms with Crippen LogP contribution in [0, 0.1) is 11.8 Å². The van der Waals surface area contributed by atoms with Crippen LogP contribution in [0.25, 0.3) is 0 Å². The summed E-state index contributed by atoms with van der Waals surface area (Å²) in [5.41, 5.74) is 0. The van der Waals surface area contributed by atoms with E-state index in [1.165, 1.54) is 6.42 Å². The first-order chi connectivity index (χ1) is 8.04. The summed E-state index contributed by atoms with van der Waals surface area (Å²) in [5, 5.41) is 13.0. The Bertz CT molecular complexity index is 245. The summed E-state index contributed by atoms with van der Waals surface area (Å²) in [6.45, 7) is 7.12. The van der Waals surface area contributed by atoms with E-state index in [1.54, 1.807) is 6.92 Å². The standard InChI is InChI=1S/C13H25NO3/c1-4-17-13(16)7-11(15)8-14-12-6-5-9(2)10(12)3/h9-12,14-15H,4-8H2,1-3H3. The summed E-state index contributed by atoms with van der Waals surface area (Å²) in [6.07, 6.45) is 1.84. The van der Waals surface area contributed by atoms with Gasteiger partial charge in [0, 0.05) is 12.6 Å². The minimum atomic E-state index is -0.642. The van der Waals surface area contributed by atoms with Crippen molar-refractivity contribution >= 4 is 5.97 Å². The summed E-state index contributed by atoms with van der Waals surface area (Å²) < 4.78 is 4.80. The predicted molar refractivity (Wildman–Crippen MR) is 66.6 cm³/mol. The SMILES string of the molecule is CCOC(=O)CC(O)CNC1CCC(C)C1C. The van der Waals surface area contributed by atoms with Gasteiger partial charge >= 0.3 is 5.97 Å². The number of rotatable bonds is 6. The predicted octanol–water partition coefficient (Wildman–Crippen LogP) is 1.32. The highest BCUT2D eigenvalue weighted by atomic mass is 16.5. The van der Waals surface area contributed by atoms with Crippen LogP contribution in [0.1, 0.15) is 40.0 Å². The molecule has 1 fully saturated rings. The van der Waals surface area contributed by atoms with Gasteiger partial charge in [0.05, 0.1) is 19.1 Å². The zero-order chi connectivity index (χ0) is 12.8. The number of carbonyl (C=O) groups is 1. The van der Waals surface area contributed by atoms with Crippen LogP contribution in [0.3, 0.4) is 0 Å². The molecular weight excluding hydrogens is 218 g/mol. The third kappa shape index (κ3) is 4.64. The Labute approximate surface area is 104 Å². The first kappa shape index (κ1) is 14.5. The molecule has 1 saturated carbocycles. The van der Waals surface area contributed by atoms with E-state index >= 15 is 0 Å². The van der Waals surface area contributed by atoms with Crippen LogP contribution in [0.2, 0.25) is 0 Å². The van der Waals surface area contributed by atoms with Crippen molar-refractivity contribution in [2.45, 2.75) is 52.2 Å². The van der Waals surface area contributed by atoms with Crippen LogP contribution >= 0.6 is 0 Å². The maximum absolute atomic E-state index is 11.2. The molecule has 0 spiro atoms. The van der Waals surface area contributed by atoms with Gasteiger partial charge in [0.15, 0.2) is 0 Å². The normalized spacial score (nSPS) is 30.2. The van der Waals surface area contributed by atoms with Gasteiger partial charge in [-0.3, -0.25) is 4.79 Å². The second-order valence-electron chi connectivity index (χ2n) is 5.09. The first-order valence-electron chi connectivity index (χ1n) is 6.61. The number of aliphatic hydroxyl groups is 1. The lowest BCUT2D eigenvalue weighted by Crippen LogP contribution is -2.38. The van der Waals surface area contributed by atoms with Crippen molar-refractivity contribution in [1.82, 2.24) is 5.32 Å². The van der Waals surface area contributed by atoms with Crippen molar-refractivity contribution < 1.29 is 14.6 Å². The highest BCUT2D eigenvalue weighted by Gasteiger charge is 2.29. The number of esters is 1. The minimum absolute atomic E-state index is 0.0808. The zero-order valence-electron chi connectivity index (χ0n) is 11.1. The highest BCUT2D eigenvalue weighted by molar-refractivity contribution is 5.69. The Morgan fingerprint density at radius 3 is 2.71 bits per heavy atom. The molecule has 4 atom stereocenters. The number of hydrogen-bond acceptors (Lipinski definition) is 4. The van der Waals surface area contributed by atoms with E-state index in [-0.39, 0.29) is 12.4 Å². The fraction of sp³-hybridized carbons (Fsp3) is 0.923. The molecule has 0 saturated heterocycles. The van der Waals surface area contributed by atoms with Crippen molar-refractivity contribution in [3.63, 3.8) is 0 Å². The smallest absolute Gasteiger partial charge is 0.308 e. The monoisotopic (exact) mass is 243 g/mol.